The highest BCUT2D eigenvalue weighted by molar-refractivity contribution is 5.73. The van der Waals surface area contributed by atoms with Gasteiger partial charge < -0.3 is 20.5 Å². The number of fused-ring (bicyclic) bond motifs is 2. The van der Waals surface area contributed by atoms with Gasteiger partial charge in [0.1, 0.15) is 12.0 Å². The highest BCUT2D eigenvalue weighted by Crippen LogP contribution is 2.56. The number of aliphatic hydroxyl groups excluding tert-OH is 1. The highest BCUT2D eigenvalue weighted by atomic mass is 16.5. The van der Waals surface area contributed by atoms with Crippen LogP contribution in [0.15, 0.2) is 18.2 Å². The molecular formula is C20H30N2O2. The molecule has 0 bridgehead atoms. The van der Waals surface area contributed by atoms with Gasteiger partial charge in [-0.2, -0.15) is 0 Å². The van der Waals surface area contributed by atoms with Crippen LogP contribution in [0.3, 0.4) is 0 Å². The number of hydrogen-bond acceptors (Lipinski definition) is 4. The number of rotatable bonds is 7. The van der Waals surface area contributed by atoms with Gasteiger partial charge in [-0.15, -0.1) is 0 Å². The SMILES string of the molecule is COc1ccc2c(c1)NC(O)C(CCCCC[C@H]1CCC3CC31)N2. The Bertz CT molecular complexity index is 577. The van der Waals surface area contributed by atoms with Gasteiger partial charge in [0, 0.05) is 6.07 Å². The maximum absolute atomic E-state index is 10.3. The third kappa shape index (κ3) is 3.34. The molecule has 0 radical (unpaired) electrons. The molecule has 0 amide bonds. The van der Waals surface area contributed by atoms with Crippen molar-refractivity contribution in [3.05, 3.63) is 18.2 Å². The smallest absolute Gasteiger partial charge is 0.144 e. The number of nitrogens with one attached hydrogen (secondary N) is 2. The van der Waals surface area contributed by atoms with Crippen molar-refractivity contribution in [2.75, 3.05) is 17.7 Å². The van der Waals surface area contributed by atoms with Crippen LogP contribution < -0.4 is 15.4 Å². The molecule has 1 aromatic carbocycles. The Morgan fingerprint density at radius 3 is 2.71 bits per heavy atom. The Morgan fingerprint density at radius 2 is 1.96 bits per heavy atom. The molecule has 2 fully saturated rings. The first kappa shape index (κ1) is 16.1. The van der Waals surface area contributed by atoms with E-state index < -0.39 is 6.23 Å². The van der Waals surface area contributed by atoms with Gasteiger partial charge in [0.2, 0.25) is 0 Å². The predicted octanol–water partition coefficient (Wildman–Crippen LogP) is 4.22. The van der Waals surface area contributed by atoms with E-state index in [2.05, 4.69) is 10.6 Å². The molecule has 3 aliphatic rings. The van der Waals surface area contributed by atoms with Gasteiger partial charge in [-0.25, -0.2) is 0 Å². The van der Waals surface area contributed by atoms with Crippen LogP contribution in [0.1, 0.15) is 51.4 Å². The molecule has 4 heteroatoms. The molecule has 4 nitrogen and oxygen atoms in total. The molecule has 5 atom stereocenters. The molecule has 1 aliphatic heterocycles. The van der Waals surface area contributed by atoms with E-state index in [1.807, 2.05) is 18.2 Å². The summed E-state index contributed by atoms with van der Waals surface area (Å²) < 4.78 is 5.24. The van der Waals surface area contributed by atoms with Crippen molar-refractivity contribution >= 4 is 11.4 Å². The second-order valence-electron chi connectivity index (χ2n) is 7.89. The second-order valence-corrected chi connectivity index (χ2v) is 7.89. The van der Waals surface area contributed by atoms with Crippen molar-refractivity contribution in [3.63, 3.8) is 0 Å². The number of hydrogen-bond donors (Lipinski definition) is 3. The van der Waals surface area contributed by atoms with E-state index in [1.165, 1.54) is 44.9 Å². The van der Waals surface area contributed by atoms with E-state index in [9.17, 15) is 5.11 Å². The summed E-state index contributed by atoms with van der Waals surface area (Å²) in [6.45, 7) is 0. The fourth-order valence-corrected chi connectivity index (χ4v) is 4.79. The van der Waals surface area contributed by atoms with E-state index in [1.54, 1.807) is 7.11 Å². The topological polar surface area (TPSA) is 53.5 Å². The van der Waals surface area contributed by atoms with E-state index in [4.69, 9.17) is 4.74 Å². The summed E-state index contributed by atoms with van der Waals surface area (Å²) in [6.07, 6.45) is 10.3. The van der Waals surface area contributed by atoms with Crippen LogP contribution in [0.4, 0.5) is 11.4 Å². The number of unbranched alkanes of at least 4 members (excludes halogenated alkanes) is 2. The molecule has 2 aliphatic carbocycles. The number of ether oxygens (including phenoxy) is 1. The van der Waals surface area contributed by atoms with Gasteiger partial charge in [0.05, 0.1) is 24.5 Å². The maximum atomic E-state index is 10.3. The minimum absolute atomic E-state index is 0.0881. The van der Waals surface area contributed by atoms with Gasteiger partial charge in [-0.3, -0.25) is 0 Å². The molecule has 3 N–H and O–H groups in total. The van der Waals surface area contributed by atoms with E-state index in [-0.39, 0.29) is 6.04 Å². The first-order valence-electron chi connectivity index (χ1n) is 9.64. The molecular weight excluding hydrogens is 300 g/mol. The molecule has 132 valence electrons. The Hall–Kier alpha value is -1.42. The van der Waals surface area contributed by atoms with Gasteiger partial charge in [0.25, 0.3) is 0 Å². The lowest BCUT2D eigenvalue weighted by atomic mass is 9.95. The number of benzene rings is 1. The Kier molecular flexibility index (Phi) is 4.57. The van der Waals surface area contributed by atoms with Crippen molar-refractivity contribution in [3.8, 4) is 5.75 Å². The standard InChI is InChI=1S/C20H30N2O2/c1-24-15-9-10-17-19(12-15)22-20(23)18(21-17)6-4-2-3-5-13-7-8-14-11-16(13)14/h9-10,12-14,16,18,20-23H,2-8,11H2,1H3/t13-,14?,16?,18?,20?/m0/s1. The van der Waals surface area contributed by atoms with Crippen molar-refractivity contribution in [2.24, 2.45) is 17.8 Å². The summed E-state index contributed by atoms with van der Waals surface area (Å²) in [7, 11) is 1.66. The summed E-state index contributed by atoms with van der Waals surface area (Å²) in [4.78, 5) is 0. The first-order valence-corrected chi connectivity index (χ1v) is 9.64. The van der Waals surface area contributed by atoms with Gasteiger partial charge in [0.15, 0.2) is 0 Å². The normalized spacial score (nSPS) is 33.2. The molecule has 4 rings (SSSR count). The van der Waals surface area contributed by atoms with E-state index in [0.29, 0.717) is 0 Å². The quantitative estimate of drug-likeness (QED) is 0.655. The molecule has 2 saturated carbocycles. The first-order chi connectivity index (χ1) is 11.7. The fourth-order valence-electron chi connectivity index (χ4n) is 4.79. The Balaban J connectivity index is 1.20. The monoisotopic (exact) mass is 330 g/mol. The van der Waals surface area contributed by atoms with Crippen LogP contribution >= 0.6 is 0 Å². The number of anilines is 2. The second kappa shape index (κ2) is 6.83. The number of methoxy groups -OCH3 is 1. The summed E-state index contributed by atoms with van der Waals surface area (Å²) in [5.74, 6) is 4.06. The average Bonchev–Trinajstić information content (AvgIpc) is 3.27. The highest BCUT2D eigenvalue weighted by Gasteiger charge is 2.47. The van der Waals surface area contributed by atoms with Crippen molar-refractivity contribution in [2.45, 2.75) is 63.6 Å². The lowest BCUT2D eigenvalue weighted by Gasteiger charge is -2.33. The summed E-state index contributed by atoms with van der Waals surface area (Å²) in [5, 5.41) is 17.0. The Morgan fingerprint density at radius 1 is 1.08 bits per heavy atom. The van der Waals surface area contributed by atoms with Crippen LogP contribution in [0.5, 0.6) is 5.75 Å². The van der Waals surface area contributed by atoms with Crippen LogP contribution in [-0.2, 0) is 0 Å². The number of aliphatic hydroxyl groups is 1. The summed E-state index contributed by atoms with van der Waals surface area (Å²) >= 11 is 0. The van der Waals surface area contributed by atoms with Crippen molar-refractivity contribution in [1.29, 1.82) is 0 Å². The zero-order chi connectivity index (χ0) is 16.5. The lowest BCUT2D eigenvalue weighted by Crippen LogP contribution is -2.42. The van der Waals surface area contributed by atoms with Gasteiger partial charge >= 0.3 is 0 Å². The molecule has 4 unspecified atom stereocenters. The molecule has 0 spiro atoms. The lowest BCUT2D eigenvalue weighted by molar-refractivity contribution is 0.171. The minimum atomic E-state index is -0.535. The van der Waals surface area contributed by atoms with Crippen LogP contribution in [0.2, 0.25) is 0 Å². The van der Waals surface area contributed by atoms with Crippen LogP contribution in [0, 0.1) is 17.8 Å². The van der Waals surface area contributed by atoms with Gasteiger partial charge in [-0.05, 0) is 55.6 Å². The molecule has 24 heavy (non-hydrogen) atoms. The third-order valence-electron chi connectivity index (χ3n) is 6.33. The average molecular weight is 330 g/mol. The molecule has 0 aromatic heterocycles. The maximum Gasteiger partial charge on any atom is 0.144 e. The van der Waals surface area contributed by atoms with E-state index in [0.717, 1.165) is 41.3 Å². The molecule has 1 heterocycles. The zero-order valence-corrected chi connectivity index (χ0v) is 14.6. The fraction of sp³-hybridized carbons (Fsp3) is 0.700. The van der Waals surface area contributed by atoms with Crippen molar-refractivity contribution < 1.29 is 9.84 Å². The largest absolute Gasteiger partial charge is 0.497 e. The van der Waals surface area contributed by atoms with Crippen molar-refractivity contribution in [1.82, 2.24) is 0 Å². The van der Waals surface area contributed by atoms with E-state index >= 15 is 0 Å². The van der Waals surface area contributed by atoms with Crippen LogP contribution in [-0.4, -0.2) is 24.5 Å². The van der Waals surface area contributed by atoms with Crippen LogP contribution in [0.25, 0.3) is 0 Å². The summed E-state index contributed by atoms with van der Waals surface area (Å²) in [6, 6.07) is 5.99. The zero-order valence-electron chi connectivity index (χ0n) is 14.6. The van der Waals surface area contributed by atoms with Gasteiger partial charge in [-0.1, -0.05) is 25.7 Å². The predicted molar refractivity (Wildman–Crippen MR) is 97.4 cm³/mol. The minimum Gasteiger partial charge on any atom is -0.497 e. The third-order valence-corrected chi connectivity index (χ3v) is 6.33. The molecule has 0 saturated heterocycles. The molecule has 1 aromatic rings. The summed E-state index contributed by atoms with van der Waals surface area (Å²) in [5.41, 5.74) is 1.97. The Labute approximate surface area is 145 Å².